The quantitative estimate of drug-likeness (QED) is 0.659. The van der Waals surface area contributed by atoms with Crippen molar-refractivity contribution < 1.29 is 14.5 Å². The van der Waals surface area contributed by atoms with Crippen LogP contribution >= 0.6 is 0 Å². The van der Waals surface area contributed by atoms with Crippen molar-refractivity contribution in [2.75, 3.05) is 26.2 Å². The zero-order valence-electron chi connectivity index (χ0n) is 7.31. The van der Waals surface area contributed by atoms with Gasteiger partial charge in [0.2, 0.25) is 0 Å². The number of hydrogen-bond donors (Lipinski definition) is 1. The lowest BCUT2D eigenvalue weighted by atomic mass is 9.98. The van der Waals surface area contributed by atoms with Crippen LogP contribution in [-0.4, -0.2) is 37.5 Å². The summed E-state index contributed by atoms with van der Waals surface area (Å²) in [5, 5.41) is 0. The molecule has 72 valence electrons. The van der Waals surface area contributed by atoms with E-state index >= 15 is 0 Å². The van der Waals surface area contributed by atoms with E-state index in [9.17, 15) is 8.78 Å². The second-order valence-electron chi connectivity index (χ2n) is 3.45. The van der Waals surface area contributed by atoms with E-state index in [1.54, 1.807) is 0 Å². The van der Waals surface area contributed by atoms with Crippen LogP contribution in [0.4, 0.5) is 8.78 Å². The molecule has 2 nitrogen and oxygen atoms in total. The Kier molecular flexibility index (Phi) is 3.88. The molecular weight excluding hydrogens is 162 g/mol. The molecule has 1 atom stereocenters. The molecular formula is C8H17F2N2+. The fourth-order valence-electron chi connectivity index (χ4n) is 1.75. The summed E-state index contributed by atoms with van der Waals surface area (Å²) >= 11 is 0. The second-order valence-corrected chi connectivity index (χ2v) is 3.45. The lowest BCUT2D eigenvalue weighted by Gasteiger charge is -2.30. The molecule has 4 heteroatoms. The third kappa shape index (κ3) is 3.03. The van der Waals surface area contributed by atoms with Gasteiger partial charge in [-0.3, -0.25) is 4.90 Å². The Morgan fingerprint density at radius 2 is 2.25 bits per heavy atom. The average molecular weight is 179 g/mol. The molecule has 1 rings (SSSR count). The highest BCUT2D eigenvalue weighted by molar-refractivity contribution is 4.72. The largest absolute Gasteiger partial charge is 0.357 e. The maximum absolute atomic E-state index is 12.0. The van der Waals surface area contributed by atoms with Gasteiger partial charge in [-0.25, -0.2) is 8.78 Å². The molecule has 1 saturated heterocycles. The Hall–Kier alpha value is -0.220. The highest BCUT2D eigenvalue weighted by Crippen LogP contribution is 2.15. The highest BCUT2D eigenvalue weighted by atomic mass is 19.3. The molecule has 1 aliphatic rings. The number of nitrogens with zero attached hydrogens (tertiary/aromatic N) is 1. The first-order chi connectivity index (χ1) is 5.72. The summed E-state index contributed by atoms with van der Waals surface area (Å²) in [4.78, 5) is 1.85. The summed E-state index contributed by atoms with van der Waals surface area (Å²) in [5.74, 6) is 0.539. The Morgan fingerprint density at radius 1 is 1.50 bits per heavy atom. The molecule has 0 aromatic carbocycles. The van der Waals surface area contributed by atoms with Gasteiger partial charge in [0.15, 0.2) is 0 Å². The van der Waals surface area contributed by atoms with Crippen molar-refractivity contribution in [3.63, 3.8) is 0 Å². The van der Waals surface area contributed by atoms with E-state index in [1.807, 2.05) is 4.90 Å². The van der Waals surface area contributed by atoms with Crippen LogP contribution in [0.25, 0.3) is 0 Å². The summed E-state index contributed by atoms with van der Waals surface area (Å²) in [6.45, 7) is 2.46. The Morgan fingerprint density at radius 3 is 2.83 bits per heavy atom. The Balaban J connectivity index is 2.25. The van der Waals surface area contributed by atoms with Crippen LogP contribution < -0.4 is 5.73 Å². The van der Waals surface area contributed by atoms with Gasteiger partial charge in [0.05, 0.1) is 13.1 Å². The summed E-state index contributed by atoms with van der Waals surface area (Å²) in [6.07, 6.45) is 0.0180. The molecule has 0 aromatic heterocycles. The van der Waals surface area contributed by atoms with E-state index < -0.39 is 6.43 Å². The molecule has 0 spiro atoms. The topological polar surface area (TPSA) is 30.9 Å². The van der Waals surface area contributed by atoms with Crippen molar-refractivity contribution in [3.05, 3.63) is 0 Å². The minimum Gasteiger partial charge on any atom is -0.357 e. The van der Waals surface area contributed by atoms with Gasteiger partial charge >= 0.3 is 0 Å². The van der Waals surface area contributed by atoms with Crippen molar-refractivity contribution >= 4 is 0 Å². The van der Waals surface area contributed by atoms with Crippen molar-refractivity contribution in [1.29, 1.82) is 0 Å². The third-order valence-electron chi connectivity index (χ3n) is 2.41. The van der Waals surface area contributed by atoms with Gasteiger partial charge in [-0.05, 0) is 19.4 Å². The van der Waals surface area contributed by atoms with Crippen molar-refractivity contribution in [2.45, 2.75) is 19.3 Å². The zero-order valence-corrected chi connectivity index (χ0v) is 7.31. The monoisotopic (exact) mass is 179 g/mol. The molecule has 1 fully saturated rings. The molecule has 1 unspecified atom stereocenters. The van der Waals surface area contributed by atoms with Crippen molar-refractivity contribution in [2.24, 2.45) is 5.92 Å². The summed E-state index contributed by atoms with van der Waals surface area (Å²) in [5.41, 5.74) is 3.81. The molecule has 0 amide bonds. The minimum atomic E-state index is -2.19. The number of quaternary nitrogens is 1. The number of likely N-dealkylation sites (tertiary alicyclic amines) is 1. The summed E-state index contributed by atoms with van der Waals surface area (Å²) < 4.78 is 24.0. The van der Waals surface area contributed by atoms with Gasteiger partial charge in [-0.1, -0.05) is 0 Å². The van der Waals surface area contributed by atoms with Gasteiger partial charge < -0.3 is 5.73 Å². The van der Waals surface area contributed by atoms with Gasteiger partial charge in [0.25, 0.3) is 6.43 Å². The molecule has 1 aliphatic heterocycles. The SMILES string of the molecule is [NH3+]CC1CCCN(CC(F)F)C1. The standard InChI is InChI=1S/C8H16F2N2/c9-8(10)6-12-3-1-2-7(4-11)5-12/h7-8H,1-6,11H2/p+1. The maximum atomic E-state index is 12.0. The number of alkyl halides is 2. The van der Waals surface area contributed by atoms with Gasteiger partial charge in [-0.15, -0.1) is 0 Å². The van der Waals surface area contributed by atoms with Crippen LogP contribution in [0.15, 0.2) is 0 Å². The molecule has 3 N–H and O–H groups in total. The normalized spacial score (nSPS) is 26.5. The predicted molar refractivity (Wildman–Crippen MR) is 42.9 cm³/mol. The molecule has 0 aliphatic carbocycles. The Bertz CT molecular complexity index is 130. The van der Waals surface area contributed by atoms with Crippen LogP contribution in [-0.2, 0) is 0 Å². The number of hydrogen-bond acceptors (Lipinski definition) is 1. The molecule has 0 aromatic rings. The third-order valence-corrected chi connectivity index (χ3v) is 2.41. The molecule has 12 heavy (non-hydrogen) atoms. The first kappa shape index (κ1) is 9.86. The van der Waals surface area contributed by atoms with E-state index in [0.717, 1.165) is 32.5 Å². The maximum Gasteiger partial charge on any atom is 0.251 e. The smallest absolute Gasteiger partial charge is 0.251 e. The first-order valence-electron chi connectivity index (χ1n) is 4.52. The van der Waals surface area contributed by atoms with Crippen LogP contribution in [0.3, 0.4) is 0 Å². The first-order valence-corrected chi connectivity index (χ1v) is 4.52. The van der Waals surface area contributed by atoms with E-state index in [1.165, 1.54) is 0 Å². The van der Waals surface area contributed by atoms with Crippen LogP contribution in [0.2, 0.25) is 0 Å². The minimum absolute atomic E-state index is 0.0590. The van der Waals surface area contributed by atoms with Gasteiger partial charge in [-0.2, -0.15) is 0 Å². The number of rotatable bonds is 3. The summed E-state index contributed by atoms with van der Waals surface area (Å²) in [6, 6.07) is 0. The van der Waals surface area contributed by atoms with E-state index in [2.05, 4.69) is 5.73 Å². The fraction of sp³-hybridized carbons (Fsp3) is 1.00. The number of halogens is 2. The van der Waals surface area contributed by atoms with Crippen molar-refractivity contribution in [1.82, 2.24) is 4.90 Å². The molecule has 1 heterocycles. The lowest BCUT2D eigenvalue weighted by Crippen LogP contribution is -2.56. The Labute approximate surface area is 71.7 Å². The average Bonchev–Trinajstić information content (AvgIpc) is 2.03. The fourth-order valence-corrected chi connectivity index (χ4v) is 1.75. The zero-order chi connectivity index (χ0) is 8.97. The highest BCUT2D eigenvalue weighted by Gasteiger charge is 2.21. The van der Waals surface area contributed by atoms with E-state index in [-0.39, 0.29) is 6.54 Å². The summed E-state index contributed by atoms with van der Waals surface area (Å²) in [7, 11) is 0. The number of piperidine rings is 1. The molecule has 0 saturated carbocycles. The van der Waals surface area contributed by atoms with Crippen LogP contribution in [0.1, 0.15) is 12.8 Å². The second kappa shape index (κ2) is 4.72. The van der Waals surface area contributed by atoms with Crippen LogP contribution in [0, 0.1) is 5.92 Å². The van der Waals surface area contributed by atoms with Crippen LogP contribution in [0.5, 0.6) is 0 Å². The van der Waals surface area contributed by atoms with Gasteiger partial charge in [0, 0.05) is 12.5 Å². The van der Waals surface area contributed by atoms with E-state index in [0.29, 0.717) is 5.92 Å². The van der Waals surface area contributed by atoms with Crippen molar-refractivity contribution in [3.8, 4) is 0 Å². The van der Waals surface area contributed by atoms with Gasteiger partial charge in [0.1, 0.15) is 0 Å². The predicted octanol–water partition coefficient (Wildman–Crippen LogP) is 0.205. The lowest BCUT2D eigenvalue weighted by molar-refractivity contribution is -0.380. The van der Waals surface area contributed by atoms with E-state index in [4.69, 9.17) is 0 Å². The molecule has 0 bridgehead atoms. The molecule has 0 radical (unpaired) electrons.